The Labute approximate surface area is 131 Å². The smallest absolute Gasteiger partial charge is 0.289 e. The molecule has 4 rings (SSSR count). The number of nitrogens with one attached hydrogen (secondary N) is 1. The van der Waals surface area contributed by atoms with Gasteiger partial charge in [0, 0.05) is 38.3 Å². The average molecular weight is 313 g/mol. The number of piperazine rings is 1. The largest absolute Gasteiger partial charge is 0.463 e. The van der Waals surface area contributed by atoms with Gasteiger partial charge in [-0.25, -0.2) is 0 Å². The van der Waals surface area contributed by atoms with Crippen LogP contribution in [0.5, 0.6) is 0 Å². The summed E-state index contributed by atoms with van der Waals surface area (Å²) in [5.74, 6) is 0.107. The number of aromatic nitrogens is 1. The summed E-state index contributed by atoms with van der Waals surface area (Å²) < 4.78 is 10.4. The van der Waals surface area contributed by atoms with E-state index < -0.39 is 0 Å². The summed E-state index contributed by atoms with van der Waals surface area (Å²) in [6.07, 6.45) is 3.06. The van der Waals surface area contributed by atoms with Gasteiger partial charge >= 0.3 is 0 Å². The lowest BCUT2D eigenvalue weighted by Gasteiger charge is -2.34. The predicted octanol–water partition coefficient (Wildman–Crippen LogP) is 1.95. The summed E-state index contributed by atoms with van der Waals surface area (Å²) in [5, 5.41) is 0. The van der Waals surface area contributed by atoms with Crippen LogP contribution in [0.1, 0.15) is 21.0 Å². The Hall–Kier alpha value is -2.96. The first-order chi connectivity index (χ1) is 11.2. The maximum Gasteiger partial charge on any atom is 0.289 e. The Morgan fingerprint density at radius 1 is 0.957 bits per heavy atom. The third-order valence-electron chi connectivity index (χ3n) is 4.06. The van der Waals surface area contributed by atoms with Crippen molar-refractivity contribution in [3.63, 3.8) is 0 Å². The van der Waals surface area contributed by atoms with E-state index in [1.807, 2.05) is 0 Å². The van der Waals surface area contributed by atoms with Crippen LogP contribution in [-0.2, 0) is 0 Å². The Morgan fingerprint density at radius 2 is 1.70 bits per heavy atom. The maximum atomic E-state index is 12.5. The number of furan rings is 2. The van der Waals surface area contributed by atoms with Gasteiger partial charge in [0.25, 0.3) is 11.8 Å². The highest BCUT2D eigenvalue weighted by Gasteiger charge is 2.27. The van der Waals surface area contributed by atoms with Crippen LogP contribution in [0.2, 0.25) is 0 Å². The molecule has 0 bridgehead atoms. The van der Waals surface area contributed by atoms with Crippen molar-refractivity contribution in [2.75, 3.05) is 26.2 Å². The zero-order valence-electron chi connectivity index (χ0n) is 12.3. The van der Waals surface area contributed by atoms with Gasteiger partial charge in [-0.05, 0) is 12.1 Å². The van der Waals surface area contributed by atoms with Gasteiger partial charge in [-0.1, -0.05) is 0 Å². The fourth-order valence-corrected chi connectivity index (χ4v) is 2.80. The second-order valence-electron chi connectivity index (χ2n) is 5.44. The Morgan fingerprint density at radius 3 is 2.35 bits per heavy atom. The molecule has 3 aromatic heterocycles. The first-order valence-electron chi connectivity index (χ1n) is 7.40. The number of H-pyrrole nitrogens is 1. The molecule has 1 N–H and O–H groups in total. The molecule has 7 nitrogen and oxygen atoms in total. The van der Waals surface area contributed by atoms with Crippen molar-refractivity contribution in [1.82, 2.24) is 14.8 Å². The number of hydrogen-bond donors (Lipinski definition) is 1. The van der Waals surface area contributed by atoms with E-state index in [0.717, 1.165) is 5.52 Å². The molecule has 1 fully saturated rings. The molecule has 23 heavy (non-hydrogen) atoms. The maximum absolute atomic E-state index is 12.5. The molecule has 0 radical (unpaired) electrons. The molecule has 0 spiro atoms. The average Bonchev–Trinajstić information content (AvgIpc) is 3.29. The number of hydrogen-bond acceptors (Lipinski definition) is 4. The molecule has 4 heterocycles. The predicted molar refractivity (Wildman–Crippen MR) is 81.1 cm³/mol. The molecule has 0 atom stereocenters. The SMILES string of the molecule is O=C(c1cc2occc2[nH]1)N1CCN(C(=O)c2ccco2)CC1. The van der Waals surface area contributed by atoms with Gasteiger partial charge in [0.05, 0.1) is 18.0 Å². The normalized spacial score (nSPS) is 15.3. The quantitative estimate of drug-likeness (QED) is 0.784. The van der Waals surface area contributed by atoms with Crippen LogP contribution >= 0.6 is 0 Å². The summed E-state index contributed by atoms with van der Waals surface area (Å²) in [4.78, 5) is 31.2. The van der Waals surface area contributed by atoms with Crippen LogP contribution in [0.3, 0.4) is 0 Å². The first kappa shape index (κ1) is 13.7. The lowest BCUT2D eigenvalue weighted by molar-refractivity contribution is 0.0515. The summed E-state index contributed by atoms with van der Waals surface area (Å²) >= 11 is 0. The number of rotatable bonds is 2. The van der Waals surface area contributed by atoms with Crippen molar-refractivity contribution in [3.05, 3.63) is 48.2 Å². The van der Waals surface area contributed by atoms with Crippen LogP contribution < -0.4 is 0 Å². The highest BCUT2D eigenvalue weighted by molar-refractivity contribution is 5.97. The van der Waals surface area contributed by atoms with Gasteiger partial charge in [0.1, 0.15) is 5.69 Å². The summed E-state index contributed by atoms with van der Waals surface area (Å²) in [5.41, 5.74) is 1.98. The molecule has 1 aliphatic heterocycles. The van der Waals surface area contributed by atoms with Gasteiger partial charge in [-0.3, -0.25) is 9.59 Å². The van der Waals surface area contributed by atoms with Gasteiger partial charge in [-0.2, -0.15) is 0 Å². The van der Waals surface area contributed by atoms with Gasteiger partial charge in [-0.15, -0.1) is 0 Å². The number of aromatic amines is 1. The van der Waals surface area contributed by atoms with E-state index in [1.54, 1.807) is 40.3 Å². The fourth-order valence-electron chi connectivity index (χ4n) is 2.80. The lowest BCUT2D eigenvalue weighted by atomic mass is 10.2. The van der Waals surface area contributed by atoms with E-state index in [9.17, 15) is 9.59 Å². The lowest BCUT2D eigenvalue weighted by Crippen LogP contribution is -2.50. The number of carbonyl (C=O) groups excluding carboxylic acids is 2. The third kappa shape index (κ3) is 2.40. The molecule has 1 saturated heterocycles. The fraction of sp³-hybridized carbons (Fsp3) is 0.250. The molecule has 0 unspecified atom stereocenters. The minimum Gasteiger partial charge on any atom is -0.463 e. The molecule has 0 saturated carbocycles. The summed E-state index contributed by atoms with van der Waals surface area (Å²) in [6, 6.07) is 6.83. The first-order valence-corrected chi connectivity index (χ1v) is 7.40. The topological polar surface area (TPSA) is 82.7 Å². The Kier molecular flexibility index (Phi) is 3.18. The highest BCUT2D eigenvalue weighted by atomic mass is 16.3. The molecule has 2 amide bonds. The molecule has 118 valence electrons. The van der Waals surface area contributed by atoms with Crippen LogP contribution in [0.4, 0.5) is 0 Å². The minimum atomic E-state index is -0.139. The minimum absolute atomic E-state index is 0.0819. The zero-order chi connectivity index (χ0) is 15.8. The second-order valence-corrected chi connectivity index (χ2v) is 5.44. The zero-order valence-corrected chi connectivity index (χ0v) is 12.3. The van der Waals surface area contributed by atoms with Gasteiger partial charge in [0.2, 0.25) is 0 Å². The summed E-state index contributed by atoms with van der Waals surface area (Å²) in [6.45, 7) is 1.96. The Balaban J connectivity index is 1.42. The van der Waals surface area contributed by atoms with Gasteiger partial charge in [0.15, 0.2) is 11.3 Å². The van der Waals surface area contributed by atoms with Crippen molar-refractivity contribution >= 4 is 22.9 Å². The molecule has 7 heteroatoms. The van der Waals surface area contributed by atoms with Crippen LogP contribution in [0.25, 0.3) is 11.1 Å². The molecular formula is C16H15N3O4. The van der Waals surface area contributed by atoms with Crippen molar-refractivity contribution in [1.29, 1.82) is 0 Å². The van der Waals surface area contributed by atoms with Crippen molar-refractivity contribution in [2.24, 2.45) is 0 Å². The van der Waals surface area contributed by atoms with Crippen LogP contribution in [-0.4, -0.2) is 52.8 Å². The molecule has 1 aliphatic rings. The van der Waals surface area contributed by atoms with Gasteiger partial charge < -0.3 is 23.6 Å². The van der Waals surface area contributed by atoms with E-state index in [-0.39, 0.29) is 11.8 Å². The van der Waals surface area contributed by atoms with E-state index in [2.05, 4.69) is 4.98 Å². The molecule has 0 aliphatic carbocycles. The monoisotopic (exact) mass is 313 g/mol. The van der Waals surface area contributed by atoms with Crippen LogP contribution in [0, 0.1) is 0 Å². The third-order valence-corrected chi connectivity index (χ3v) is 4.06. The molecule has 3 aromatic rings. The van der Waals surface area contributed by atoms with Crippen LogP contribution in [0.15, 0.2) is 45.6 Å². The highest BCUT2D eigenvalue weighted by Crippen LogP contribution is 2.18. The van der Waals surface area contributed by atoms with Crippen molar-refractivity contribution < 1.29 is 18.4 Å². The number of carbonyl (C=O) groups is 2. The van der Waals surface area contributed by atoms with E-state index in [0.29, 0.717) is 43.2 Å². The standard InChI is InChI=1S/C16H15N3O4/c20-15(12-10-14-11(17-12)3-9-23-14)18-4-6-19(7-5-18)16(21)13-2-1-8-22-13/h1-3,8-10,17H,4-7H2. The number of amides is 2. The molecule has 0 aromatic carbocycles. The number of fused-ring (bicyclic) bond motifs is 1. The molecular weight excluding hydrogens is 298 g/mol. The van der Waals surface area contributed by atoms with E-state index >= 15 is 0 Å². The van der Waals surface area contributed by atoms with Crippen molar-refractivity contribution in [2.45, 2.75) is 0 Å². The number of nitrogens with zero attached hydrogens (tertiary/aromatic N) is 2. The second kappa shape index (κ2) is 5.35. The van der Waals surface area contributed by atoms with E-state index in [4.69, 9.17) is 8.83 Å². The van der Waals surface area contributed by atoms with E-state index in [1.165, 1.54) is 6.26 Å². The summed E-state index contributed by atoms with van der Waals surface area (Å²) in [7, 11) is 0. The van der Waals surface area contributed by atoms with Crippen molar-refractivity contribution in [3.8, 4) is 0 Å². The Bertz CT molecular complexity index is 809.